The summed E-state index contributed by atoms with van der Waals surface area (Å²) >= 11 is 0. The molecule has 0 radical (unpaired) electrons. The predicted octanol–water partition coefficient (Wildman–Crippen LogP) is 5.08. The monoisotopic (exact) mass is 360 g/mol. The fourth-order valence-electron chi connectivity index (χ4n) is 2.61. The van der Waals surface area contributed by atoms with Gasteiger partial charge in [0.15, 0.2) is 0 Å². The van der Waals surface area contributed by atoms with Gasteiger partial charge in [0.05, 0.1) is 12.4 Å². The van der Waals surface area contributed by atoms with E-state index in [-0.39, 0.29) is 17.0 Å². The van der Waals surface area contributed by atoms with E-state index in [2.05, 4.69) is 41.4 Å². The molecule has 0 fully saturated rings. The Morgan fingerprint density at radius 2 is 1.63 bits per heavy atom. The van der Waals surface area contributed by atoms with Crippen molar-refractivity contribution in [2.45, 2.75) is 33.1 Å². The molecule has 0 aliphatic heterocycles. The van der Waals surface area contributed by atoms with Crippen molar-refractivity contribution >= 4 is 23.1 Å². The molecule has 138 valence electrons. The SMILES string of the molecule is Cc1ccccc1Nc1cnc(C(=O)Nc2ccc(C(C)(C)C)cc2)cn1. The Labute approximate surface area is 159 Å². The molecule has 0 aliphatic carbocycles. The van der Waals surface area contributed by atoms with E-state index in [0.717, 1.165) is 16.9 Å². The molecule has 0 saturated heterocycles. The number of hydrogen-bond donors (Lipinski definition) is 2. The lowest BCUT2D eigenvalue weighted by molar-refractivity contribution is 0.102. The van der Waals surface area contributed by atoms with Gasteiger partial charge < -0.3 is 10.6 Å². The summed E-state index contributed by atoms with van der Waals surface area (Å²) in [5.74, 6) is 0.309. The highest BCUT2D eigenvalue weighted by atomic mass is 16.1. The fraction of sp³-hybridized carbons (Fsp3) is 0.227. The molecule has 0 atom stereocenters. The maximum atomic E-state index is 12.4. The molecule has 3 aromatic rings. The molecule has 0 bridgehead atoms. The second-order valence-corrected chi connectivity index (χ2v) is 7.51. The number of amides is 1. The van der Waals surface area contributed by atoms with E-state index in [1.54, 1.807) is 6.20 Å². The lowest BCUT2D eigenvalue weighted by Crippen LogP contribution is -2.15. The average molecular weight is 360 g/mol. The number of para-hydroxylation sites is 1. The number of anilines is 3. The Morgan fingerprint density at radius 1 is 0.926 bits per heavy atom. The van der Waals surface area contributed by atoms with Gasteiger partial charge in [-0.05, 0) is 41.7 Å². The van der Waals surface area contributed by atoms with E-state index < -0.39 is 0 Å². The number of carbonyl (C=O) groups is 1. The standard InChI is InChI=1S/C22H24N4O/c1-15-7-5-6-8-18(15)26-20-14-23-19(13-24-20)21(27)25-17-11-9-16(10-12-17)22(2,3)4/h5-14H,1-4H3,(H,24,26)(H,25,27). The van der Waals surface area contributed by atoms with Gasteiger partial charge in [-0.15, -0.1) is 0 Å². The van der Waals surface area contributed by atoms with Crippen LogP contribution in [-0.4, -0.2) is 15.9 Å². The summed E-state index contributed by atoms with van der Waals surface area (Å²) in [6.45, 7) is 8.48. The highest BCUT2D eigenvalue weighted by Crippen LogP contribution is 2.23. The number of hydrogen-bond acceptors (Lipinski definition) is 4. The lowest BCUT2D eigenvalue weighted by Gasteiger charge is -2.19. The number of carbonyl (C=O) groups excluding carboxylic acids is 1. The Morgan fingerprint density at radius 3 is 2.22 bits per heavy atom. The van der Waals surface area contributed by atoms with Crippen LogP contribution in [0.5, 0.6) is 0 Å². The smallest absolute Gasteiger partial charge is 0.275 e. The number of aromatic nitrogens is 2. The van der Waals surface area contributed by atoms with Crippen LogP contribution in [0.4, 0.5) is 17.2 Å². The third-order valence-electron chi connectivity index (χ3n) is 4.30. The first-order chi connectivity index (χ1) is 12.8. The summed E-state index contributed by atoms with van der Waals surface area (Å²) in [6.07, 6.45) is 3.03. The van der Waals surface area contributed by atoms with Gasteiger partial charge >= 0.3 is 0 Å². The van der Waals surface area contributed by atoms with Crippen molar-refractivity contribution in [3.63, 3.8) is 0 Å². The van der Waals surface area contributed by atoms with Crippen LogP contribution in [0.2, 0.25) is 0 Å². The Kier molecular flexibility index (Phi) is 5.21. The van der Waals surface area contributed by atoms with Crippen molar-refractivity contribution < 1.29 is 4.79 Å². The second kappa shape index (κ2) is 7.58. The minimum atomic E-state index is -0.284. The summed E-state index contributed by atoms with van der Waals surface area (Å²) in [6, 6.07) is 15.8. The molecule has 2 N–H and O–H groups in total. The first kappa shape index (κ1) is 18.6. The highest BCUT2D eigenvalue weighted by molar-refractivity contribution is 6.02. The summed E-state index contributed by atoms with van der Waals surface area (Å²) in [5.41, 5.74) is 4.37. The Hall–Kier alpha value is -3.21. The summed E-state index contributed by atoms with van der Waals surface area (Å²) < 4.78 is 0. The van der Waals surface area contributed by atoms with Gasteiger partial charge in [0, 0.05) is 11.4 Å². The maximum absolute atomic E-state index is 12.4. The first-order valence-corrected chi connectivity index (χ1v) is 8.89. The minimum absolute atomic E-state index is 0.0773. The third kappa shape index (κ3) is 4.70. The van der Waals surface area contributed by atoms with Crippen molar-refractivity contribution in [3.05, 3.63) is 77.7 Å². The zero-order valence-electron chi connectivity index (χ0n) is 16.1. The van der Waals surface area contributed by atoms with E-state index in [9.17, 15) is 4.79 Å². The van der Waals surface area contributed by atoms with Crippen molar-refractivity contribution in [1.29, 1.82) is 0 Å². The number of nitrogens with one attached hydrogen (secondary N) is 2. The second-order valence-electron chi connectivity index (χ2n) is 7.51. The molecule has 0 saturated carbocycles. The molecule has 0 unspecified atom stereocenters. The topological polar surface area (TPSA) is 66.9 Å². The van der Waals surface area contributed by atoms with Gasteiger partial charge in [0.1, 0.15) is 11.5 Å². The van der Waals surface area contributed by atoms with Crippen LogP contribution < -0.4 is 10.6 Å². The van der Waals surface area contributed by atoms with Gasteiger partial charge in [-0.2, -0.15) is 0 Å². The molecule has 0 spiro atoms. The predicted molar refractivity (Wildman–Crippen MR) is 110 cm³/mol. The van der Waals surface area contributed by atoms with E-state index in [0.29, 0.717) is 5.82 Å². The van der Waals surface area contributed by atoms with Crippen LogP contribution in [0.15, 0.2) is 60.9 Å². The third-order valence-corrected chi connectivity index (χ3v) is 4.30. The summed E-state index contributed by atoms with van der Waals surface area (Å²) in [5, 5.41) is 6.06. The van der Waals surface area contributed by atoms with Crippen LogP contribution >= 0.6 is 0 Å². The summed E-state index contributed by atoms with van der Waals surface area (Å²) in [4.78, 5) is 20.9. The molecule has 5 nitrogen and oxygen atoms in total. The zero-order valence-corrected chi connectivity index (χ0v) is 16.1. The quantitative estimate of drug-likeness (QED) is 0.681. The van der Waals surface area contributed by atoms with Crippen LogP contribution in [0.3, 0.4) is 0 Å². The zero-order chi connectivity index (χ0) is 19.4. The van der Waals surface area contributed by atoms with E-state index in [1.807, 2.05) is 55.5 Å². The maximum Gasteiger partial charge on any atom is 0.275 e. The number of nitrogens with zero attached hydrogens (tertiary/aromatic N) is 2. The molecule has 2 aromatic carbocycles. The molecule has 5 heteroatoms. The molecule has 3 rings (SSSR count). The number of benzene rings is 2. The van der Waals surface area contributed by atoms with Gasteiger partial charge in [-0.25, -0.2) is 9.97 Å². The van der Waals surface area contributed by atoms with Crippen molar-refractivity contribution in [2.75, 3.05) is 10.6 Å². The lowest BCUT2D eigenvalue weighted by atomic mass is 9.87. The first-order valence-electron chi connectivity index (χ1n) is 8.89. The van der Waals surface area contributed by atoms with Crippen LogP contribution in [-0.2, 0) is 5.41 Å². The van der Waals surface area contributed by atoms with E-state index in [4.69, 9.17) is 0 Å². The normalized spacial score (nSPS) is 11.1. The molecule has 1 amide bonds. The molecule has 0 aliphatic rings. The Balaban J connectivity index is 1.66. The van der Waals surface area contributed by atoms with E-state index >= 15 is 0 Å². The molecule has 1 heterocycles. The van der Waals surface area contributed by atoms with Crippen LogP contribution in [0.25, 0.3) is 0 Å². The highest BCUT2D eigenvalue weighted by Gasteiger charge is 2.14. The fourth-order valence-corrected chi connectivity index (χ4v) is 2.61. The number of rotatable bonds is 4. The van der Waals surface area contributed by atoms with Crippen molar-refractivity contribution in [2.24, 2.45) is 0 Å². The van der Waals surface area contributed by atoms with Crippen molar-refractivity contribution in [3.8, 4) is 0 Å². The molecular formula is C22H24N4O. The van der Waals surface area contributed by atoms with Crippen molar-refractivity contribution in [1.82, 2.24) is 9.97 Å². The summed E-state index contributed by atoms with van der Waals surface area (Å²) in [7, 11) is 0. The van der Waals surface area contributed by atoms with Gasteiger partial charge in [-0.3, -0.25) is 4.79 Å². The molecule has 27 heavy (non-hydrogen) atoms. The van der Waals surface area contributed by atoms with Crippen LogP contribution in [0, 0.1) is 6.92 Å². The van der Waals surface area contributed by atoms with Gasteiger partial charge in [0.2, 0.25) is 0 Å². The molecule has 1 aromatic heterocycles. The van der Waals surface area contributed by atoms with Gasteiger partial charge in [-0.1, -0.05) is 51.1 Å². The Bertz CT molecular complexity index is 926. The van der Waals surface area contributed by atoms with E-state index in [1.165, 1.54) is 11.8 Å². The largest absolute Gasteiger partial charge is 0.339 e. The number of aryl methyl sites for hydroxylation is 1. The van der Waals surface area contributed by atoms with Crippen LogP contribution in [0.1, 0.15) is 42.4 Å². The van der Waals surface area contributed by atoms with Gasteiger partial charge in [0.25, 0.3) is 5.91 Å². The molecular weight excluding hydrogens is 336 g/mol. The minimum Gasteiger partial charge on any atom is -0.339 e. The average Bonchev–Trinajstić information content (AvgIpc) is 2.64.